The zero-order valence-corrected chi connectivity index (χ0v) is 8.01. The average Bonchev–Trinajstić information content (AvgIpc) is 2.03. The first-order valence-corrected chi connectivity index (χ1v) is 4.22. The highest BCUT2D eigenvalue weighted by Crippen LogP contribution is 2.25. The summed E-state index contributed by atoms with van der Waals surface area (Å²) in [7, 11) is 0. The maximum Gasteiger partial charge on any atom is 0.329 e. The van der Waals surface area contributed by atoms with Gasteiger partial charge in [-0.3, -0.25) is 0 Å². The fraction of sp³-hybridized carbons (Fsp3) is 0. The molecule has 68 valence electrons. The summed E-state index contributed by atoms with van der Waals surface area (Å²) in [5.74, 6) is -1.09. The zero-order valence-electron chi connectivity index (χ0n) is 6.50. The molecule has 0 aromatic heterocycles. The van der Waals surface area contributed by atoms with E-state index in [0.29, 0.717) is 10.6 Å². The van der Waals surface area contributed by atoms with E-state index in [2.05, 4.69) is 0 Å². The third-order valence-corrected chi connectivity index (χ3v) is 2.02. The molecule has 1 aromatic carbocycles. The molecule has 1 rings (SSSR count). The Morgan fingerprint density at radius 1 is 1.38 bits per heavy atom. The lowest BCUT2D eigenvalue weighted by Crippen LogP contribution is -1.89. The molecule has 0 bridgehead atoms. The molecule has 1 N–H and O–H groups in total. The van der Waals surface area contributed by atoms with E-state index < -0.39 is 5.97 Å². The number of aliphatic carboxylic acids is 1. The van der Waals surface area contributed by atoms with Crippen molar-refractivity contribution in [3.05, 3.63) is 40.9 Å². The van der Waals surface area contributed by atoms with Crippen LogP contribution in [-0.2, 0) is 4.79 Å². The van der Waals surface area contributed by atoms with Crippen LogP contribution in [0.25, 0.3) is 5.03 Å². The van der Waals surface area contributed by atoms with E-state index in [1.807, 2.05) is 0 Å². The van der Waals surface area contributed by atoms with Gasteiger partial charge in [0, 0.05) is 16.7 Å². The number of halogens is 2. The first-order chi connectivity index (χ1) is 6.11. The van der Waals surface area contributed by atoms with Gasteiger partial charge < -0.3 is 5.11 Å². The van der Waals surface area contributed by atoms with E-state index in [1.165, 1.54) is 0 Å². The molecule has 0 heterocycles. The Labute approximate surface area is 85.4 Å². The molecule has 0 saturated carbocycles. The molecule has 0 atom stereocenters. The molecule has 1 aromatic rings. The van der Waals surface area contributed by atoms with Gasteiger partial charge in [-0.05, 0) is 6.07 Å². The van der Waals surface area contributed by atoms with E-state index in [-0.39, 0.29) is 5.03 Å². The maximum absolute atomic E-state index is 10.3. The minimum Gasteiger partial charge on any atom is -0.478 e. The average molecular weight is 217 g/mol. The van der Waals surface area contributed by atoms with Gasteiger partial charge >= 0.3 is 5.97 Å². The third-order valence-electron chi connectivity index (χ3n) is 1.38. The lowest BCUT2D eigenvalue weighted by molar-refractivity contribution is -0.131. The number of carboxylic acid groups (broad SMARTS) is 1. The van der Waals surface area contributed by atoms with Gasteiger partial charge in [0.25, 0.3) is 0 Å². The zero-order chi connectivity index (χ0) is 9.84. The fourth-order valence-electron chi connectivity index (χ4n) is 0.841. The summed E-state index contributed by atoms with van der Waals surface area (Å²) in [5, 5.41) is 8.99. The Balaban J connectivity index is 3.08. The van der Waals surface area contributed by atoms with Crippen molar-refractivity contribution in [2.24, 2.45) is 0 Å². The summed E-state index contributed by atoms with van der Waals surface area (Å²) in [5.41, 5.74) is 0.522. The molecular formula is C9H6Cl2O2. The molecule has 13 heavy (non-hydrogen) atoms. The second kappa shape index (κ2) is 4.30. The lowest BCUT2D eigenvalue weighted by atomic mass is 10.2. The minimum absolute atomic E-state index is 0.123. The van der Waals surface area contributed by atoms with Crippen LogP contribution < -0.4 is 0 Å². The molecule has 0 saturated heterocycles. The Morgan fingerprint density at radius 3 is 2.54 bits per heavy atom. The predicted octanol–water partition coefficient (Wildman–Crippen LogP) is 3.00. The summed E-state index contributed by atoms with van der Waals surface area (Å²) >= 11 is 11.5. The molecule has 0 unspecified atom stereocenters. The molecule has 0 amide bonds. The Kier molecular flexibility index (Phi) is 3.34. The van der Waals surface area contributed by atoms with Crippen LogP contribution in [0.4, 0.5) is 0 Å². The lowest BCUT2D eigenvalue weighted by Gasteiger charge is -1.99. The first kappa shape index (κ1) is 10.1. The summed E-state index contributed by atoms with van der Waals surface area (Å²) in [6.07, 6.45) is 0.906. The molecule has 2 nitrogen and oxygen atoms in total. The van der Waals surface area contributed by atoms with Crippen molar-refractivity contribution in [2.75, 3.05) is 0 Å². The second-order valence-corrected chi connectivity index (χ2v) is 3.12. The molecule has 0 radical (unpaired) electrons. The van der Waals surface area contributed by atoms with Crippen molar-refractivity contribution in [1.29, 1.82) is 0 Å². The van der Waals surface area contributed by atoms with Crippen LogP contribution in [0.2, 0.25) is 5.02 Å². The molecule has 0 aliphatic rings. The van der Waals surface area contributed by atoms with Crippen LogP contribution in [0.15, 0.2) is 30.3 Å². The summed E-state index contributed by atoms with van der Waals surface area (Å²) < 4.78 is 0. The Morgan fingerprint density at radius 2 is 2.00 bits per heavy atom. The van der Waals surface area contributed by atoms with Crippen LogP contribution in [0.1, 0.15) is 5.56 Å². The van der Waals surface area contributed by atoms with Crippen molar-refractivity contribution < 1.29 is 9.90 Å². The van der Waals surface area contributed by atoms with Crippen molar-refractivity contribution in [3.8, 4) is 0 Å². The SMILES string of the molecule is O=C(O)/C=C(/Cl)c1ccccc1Cl. The van der Waals surface area contributed by atoms with Gasteiger partial charge in [0.15, 0.2) is 0 Å². The first-order valence-electron chi connectivity index (χ1n) is 3.46. The maximum atomic E-state index is 10.3. The molecular weight excluding hydrogens is 211 g/mol. The van der Waals surface area contributed by atoms with Crippen molar-refractivity contribution in [2.45, 2.75) is 0 Å². The summed E-state index contributed by atoms with van der Waals surface area (Å²) in [6.45, 7) is 0. The van der Waals surface area contributed by atoms with Crippen LogP contribution in [0.3, 0.4) is 0 Å². The molecule has 4 heteroatoms. The molecule has 0 aliphatic carbocycles. The van der Waals surface area contributed by atoms with Gasteiger partial charge in [-0.1, -0.05) is 41.4 Å². The van der Waals surface area contributed by atoms with Crippen molar-refractivity contribution in [3.63, 3.8) is 0 Å². The molecule has 0 aliphatic heterocycles. The largest absolute Gasteiger partial charge is 0.478 e. The van der Waals surface area contributed by atoms with E-state index >= 15 is 0 Å². The van der Waals surface area contributed by atoms with Crippen LogP contribution >= 0.6 is 23.2 Å². The quantitative estimate of drug-likeness (QED) is 0.773. The Hall–Kier alpha value is -0.990. The Bertz CT molecular complexity index is 358. The minimum atomic E-state index is -1.09. The van der Waals surface area contributed by atoms with Crippen LogP contribution in [0, 0.1) is 0 Å². The van der Waals surface area contributed by atoms with E-state index in [9.17, 15) is 4.79 Å². The molecule has 0 spiro atoms. The smallest absolute Gasteiger partial charge is 0.329 e. The topological polar surface area (TPSA) is 37.3 Å². The van der Waals surface area contributed by atoms with E-state index in [1.54, 1.807) is 24.3 Å². The number of rotatable bonds is 2. The van der Waals surface area contributed by atoms with E-state index in [4.69, 9.17) is 28.3 Å². The van der Waals surface area contributed by atoms with Gasteiger partial charge in [-0.2, -0.15) is 0 Å². The predicted molar refractivity (Wildman–Crippen MR) is 52.9 cm³/mol. The highest BCUT2D eigenvalue weighted by Gasteiger charge is 2.04. The number of benzene rings is 1. The number of carboxylic acids is 1. The van der Waals surface area contributed by atoms with E-state index in [0.717, 1.165) is 6.08 Å². The second-order valence-electron chi connectivity index (χ2n) is 2.31. The van der Waals surface area contributed by atoms with Crippen molar-refractivity contribution >= 4 is 34.2 Å². The summed E-state index contributed by atoms with van der Waals surface area (Å²) in [4.78, 5) is 10.3. The third kappa shape index (κ3) is 2.76. The van der Waals surface area contributed by atoms with Crippen LogP contribution in [-0.4, -0.2) is 11.1 Å². The standard InChI is InChI=1S/C9H6Cl2O2/c10-7-4-2-1-3-6(7)8(11)5-9(12)13/h1-5H,(H,12,13)/b8-5+. The highest BCUT2D eigenvalue weighted by atomic mass is 35.5. The normalized spacial score (nSPS) is 11.4. The van der Waals surface area contributed by atoms with Crippen LogP contribution in [0.5, 0.6) is 0 Å². The van der Waals surface area contributed by atoms with Gasteiger partial charge in [0.2, 0.25) is 0 Å². The molecule has 0 fully saturated rings. The van der Waals surface area contributed by atoms with Gasteiger partial charge in [-0.25, -0.2) is 4.79 Å². The monoisotopic (exact) mass is 216 g/mol. The van der Waals surface area contributed by atoms with Gasteiger partial charge in [-0.15, -0.1) is 0 Å². The highest BCUT2D eigenvalue weighted by molar-refractivity contribution is 6.51. The van der Waals surface area contributed by atoms with Crippen molar-refractivity contribution in [1.82, 2.24) is 0 Å². The van der Waals surface area contributed by atoms with Gasteiger partial charge in [0.1, 0.15) is 0 Å². The number of hydrogen-bond acceptors (Lipinski definition) is 1. The summed E-state index contributed by atoms with van der Waals surface area (Å²) in [6, 6.07) is 6.79. The fourth-order valence-corrected chi connectivity index (χ4v) is 1.39. The number of carbonyl (C=O) groups is 1. The number of hydrogen-bond donors (Lipinski definition) is 1. The van der Waals surface area contributed by atoms with Gasteiger partial charge in [0.05, 0.1) is 5.03 Å².